The molecule has 4 aromatic rings. The molecule has 0 saturated heterocycles. The van der Waals surface area contributed by atoms with Crippen molar-refractivity contribution in [2.75, 3.05) is 23.7 Å². The van der Waals surface area contributed by atoms with Gasteiger partial charge in [-0.15, -0.1) is 0 Å². The number of benzene rings is 4. The Morgan fingerprint density at radius 1 is 0.474 bits per heavy atom. The van der Waals surface area contributed by atoms with Crippen molar-refractivity contribution in [2.24, 2.45) is 0 Å². The zero-order valence-corrected chi connectivity index (χ0v) is 22.5. The first kappa shape index (κ1) is 26.7. The number of anilines is 2. The molecule has 4 rings (SSSR count). The number of unbranched alkanes of at least 4 members (excludes halogenated alkanes) is 2. The summed E-state index contributed by atoms with van der Waals surface area (Å²) in [5, 5.41) is 6.91. The van der Waals surface area contributed by atoms with Crippen LogP contribution >= 0.6 is 0 Å². The number of hydrogen-bond donors (Lipinski definition) is 2. The van der Waals surface area contributed by atoms with Gasteiger partial charge in [0.05, 0.1) is 0 Å². The van der Waals surface area contributed by atoms with Gasteiger partial charge in [-0.25, -0.2) is 0 Å². The molecule has 190 valence electrons. The zero-order chi connectivity index (χ0) is 26.4. The normalized spacial score (nSPS) is 10.1. The second-order valence-electron chi connectivity index (χ2n) is 9.31. The Morgan fingerprint density at radius 2 is 0.868 bits per heavy atom. The molecule has 0 saturated carbocycles. The number of hydrogen-bond acceptors (Lipinski definition) is 2. The Kier molecular flexibility index (Phi) is 10.1. The maximum absolute atomic E-state index is 3.46. The minimum atomic E-state index is 0.995. The molecule has 0 fully saturated rings. The van der Waals surface area contributed by atoms with Crippen LogP contribution in [0.15, 0.2) is 97.1 Å². The van der Waals surface area contributed by atoms with Gasteiger partial charge in [-0.2, -0.15) is 0 Å². The van der Waals surface area contributed by atoms with E-state index in [1.165, 1.54) is 25.7 Å². The van der Waals surface area contributed by atoms with Crippen molar-refractivity contribution in [3.8, 4) is 34.8 Å². The van der Waals surface area contributed by atoms with Crippen LogP contribution in [0, 0.1) is 23.7 Å². The Morgan fingerprint density at radius 3 is 1.26 bits per heavy atom. The van der Waals surface area contributed by atoms with E-state index in [2.05, 4.69) is 133 Å². The first-order chi connectivity index (χ1) is 18.8. The minimum Gasteiger partial charge on any atom is -0.385 e. The summed E-state index contributed by atoms with van der Waals surface area (Å²) in [5.74, 6) is 13.5. The highest BCUT2D eigenvalue weighted by atomic mass is 14.9. The van der Waals surface area contributed by atoms with Crippen molar-refractivity contribution < 1.29 is 0 Å². The predicted molar refractivity (Wildman–Crippen MR) is 164 cm³/mol. The lowest BCUT2D eigenvalue weighted by Crippen LogP contribution is -2.00. The van der Waals surface area contributed by atoms with E-state index >= 15 is 0 Å². The van der Waals surface area contributed by atoms with Crippen LogP contribution in [0.3, 0.4) is 0 Å². The smallest absolute Gasteiger partial charge is 0.0341 e. The second-order valence-corrected chi connectivity index (χ2v) is 9.31. The highest BCUT2D eigenvalue weighted by Gasteiger charge is 2.07. The molecule has 0 aliphatic rings. The van der Waals surface area contributed by atoms with Crippen LogP contribution in [0.4, 0.5) is 11.4 Å². The number of rotatable bonds is 9. The molecule has 0 radical (unpaired) electrons. The van der Waals surface area contributed by atoms with E-state index in [9.17, 15) is 0 Å². The summed E-state index contributed by atoms with van der Waals surface area (Å²) < 4.78 is 0. The molecule has 0 aliphatic carbocycles. The minimum absolute atomic E-state index is 0.995. The molecular weight excluding hydrogens is 460 g/mol. The molecule has 0 bridgehead atoms. The van der Waals surface area contributed by atoms with Crippen LogP contribution in [0.1, 0.15) is 61.8 Å². The van der Waals surface area contributed by atoms with Crippen LogP contribution < -0.4 is 10.6 Å². The fourth-order valence-corrected chi connectivity index (χ4v) is 4.09. The van der Waals surface area contributed by atoms with Crippen LogP contribution in [0.2, 0.25) is 0 Å². The monoisotopic (exact) mass is 496 g/mol. The van der Waals surface area contributed by atoms with E-state index in [0.717, 1.165) is 57.8 Å². The van der Waals surface area contributed by atoms with Gasteiger partial charge in [-0.05, 0) is 84.6 Å². The van der Waals surface area contributed by atoms with E-state index in [1.54, 1.807) is 0 Å². The van der Waals surface area contributed by atoms with Crippen molar-refractivity contribution in [2.45, 2.75) is 39.5 Å². The van der Waals surface area contributed by atoms with Gasteiger partial charge >= 0.3 is 0 Å². The molecule has 2 heteroatoms. The van der Waals surface area contributed by atoms with Crippen molar-refractivity contribution in [1.29, 1.82) is 0 Å². The lowest BCUT2D eigenvalue weighted by atomic mass is 9.95. The average molecular weight is 497 g/mol. The Labute approximate surface area is 228 Å². The molecule has 0 aromatic heterocycles. The van der Waals surface area contributed by atoms with Crippen molar-refractivity contribution in [3.05, 3.63) is 119 Å². The zero-order valence-electron chi connectivity index (χ0n) is 22.5. The maximum atomic E-state index is 3.46. The molecule has 4 aromatic carbocycles. The molecule has 0 spiro atoms. The van der Waals surface area contributed by atoms with Gasteiger partial charge in [0.2, 0.25) is 0 Å². The average Bonchev–Trinajstić information content (AvgIpc) is 2.97. The summed E-state index contributed by atoms with van der Waals surface area (Å²) in [5.41, 5.74) is 8.46. The Hall–Kier alpha value is -4.40. The largest absolute Gasteiger partial charge is 0.385 e. The third-order valence-corrected chi connectivity index (χ3v) is 6.32. The van der Waals surface area contributed by atoms with E-state index in [4.69, 9.17) is 0 Å². The summed E-state index contributed by atoms with van der Waals surface area (Å²) in [6, 6.07) is 33.3. The molecule has 0 heterocycles. The van der Waals surface area contributed by atoms with Crippen molar-refractivity contribution in [1.82, 2.24) is 0 Å². The molecule has 2 nitrogen and oxygen atoms in total. The standard InChI is InChI=1S/C36H36N2/c1-3-5-27-37-33-23-17-29(18-24-33)15-21-31-11-7-9-13-35(31)36-14-10-8-12-32(36)22-16-30-19-25-34(26-20-30)38-28-6-4-2/h7-14,17-20,23-26,37-38H,3-6,27-28H2,1-2H3. The van der Waals surface area contributed by atoms with Crippen LogP contribution in [-0.2, 0) is 0 Å². The van der Waals surface area contributed by atoms with Gasteiger partial charge in [0, 0.05) is 46.7 Å². The summed E-state index contributed by atoms with van der Waals surface area (Å²) in [4.78, 5) is 0. The maximum Gasteiger partial charge on any atom is 0.0341 e. The van der Waals surface area contributed by atoms with E-state index < -0.39 is 0 Å². The first-order valence-corrected chi connectivity index (χ1v) is 13.7. The fourth-order valence-electron chi connectivity index (χ4n) is 4.09. The van der Waals surface area contributed by atoms with Gasteiger partial charge in [-0.1, -0.05) is 86.8 Å². The molecule has 0 aliphatic heterocycles. The molecule has 38 heavy (non-hydrogen) atoms. The summed E-state index contributed by atoms with van der Waals surface area (Å²) in [7, 11) is 0. The van der Waals surface area contributed by atoms with Gasteiger partial charge in [0.1, 0.15) is 0 Å². The topological polar surface area (TPSA) is 24.1 Å². The first-order valence-electron chi connectivity index (χ1n) is 13.7. The highest BCUT2D eigenvalue weighted by Crippen LogP contribution is 2.26. The predicted octanol–water partition coefficient (Wildman–Crippen LogP) is 8.58. The number of nitrogens with one attached hydrogen (secondary N) is 2. The molecule has 0 unspecified atom stereocenters. The van der Waals surface area contributed by atoms with Gasteiger partial charge < -0.3 is 10.6 Å². The van der Waals surface area contributed by atoms with Crippen LogP contribution in [0.25, 0.3) is 11.1 Å². The van der Waals surface area contributed by atoms with E-state index in [1.807, 2.05) is 12.1 Å². The quantitative estimate of drug-likeness (QED) is 0.179. The Bertz CT molecular complexity index is 1310. The third-order valence-electron chi connectivity index (χ3n) is 6.32. The second kappa shape index (κ2) is 14.4. The van der Waals surface area contributed by atoms with Gasteiger partial charge in [-0.3, -0.25) is 0 Å². The van der Waals surface area contributed by atoms with E-state index in [0.29, 0.717) is 0 Å². The molecular formula is C36H36N2. The molecule has 2 N–H and O–H groups in total. The lowest BCUT2D eigenvalue weighted by Gasteiger charge is -2.08. The summed E-state index contributed by atoms with van der Waals surface area (Å²) in [6.07, 6.45) is 4.73. The van der Waals surface area contributed by atoms with Crippen molar-refractivity contribution >= 4 is 11.4 Å². The summed E-state index contributed by atoms with van der Waals surface area (Å²) in [6.45, 7) is 6.40. The van der Waals surface area contributed by atoms with E-state index in [-0.39, 0.29) is 0 Å². The molecule has 0 atom stereocenters. The SMILES string of the molecule is CCCCNc1ccc(C#Cc2ccccc2-c2ccccc2C#Cc2ccc(NCCCC)cc2)cc1. The van der Waals surface area contributed by atoms with Gasteiger partial charge in [0.15, 0.2) is 0 Å². The van der Waals surface area contributed by atoms with Crippen molar-refractivity contribution in [3.63, 3.8) is 0 Å². The highest BCUT2D eigenvalue weighted by molar-refractivity contribution is 5.77. The third kappa shape index (κ3) is 7.80. The summed E-state index contributed by atoms with van der Waals surface area (Å²) >= 11 is 0. The molecule has 0 amide bonds. The lowest BCUT2D eigenvalue weighted by molar-refractivity contribution is 0.834. The van der Waals surface area contributed by atoms with Crippen LogP contribution in [-0.4, -0.2) is 13.1 Å². The fraction of sp³-hybridized carbons (Fsp3) is 0.222. The Balaban J connectivity index is 1.54. The van der Waals surface area contributed by atoms with Gasteiger partial charge in [0.25, 0.3) is 0 Å². The van der Waals surface area contributed by atoms with Crippen LogP contribution in [0.5, 0.6) is 0 Å².